The molecule has 58 valence electrons. The van der Waals surface area contributed by atoms with Crippen molar-refractivity contribution in [3.8, 4) is 0 Å². The summed E-state index contributed by atoms with van der Waals surface area (Å²) in [4.78, 5) is 4.02. The normalized spacial score (nSPS) is 13.6. The van der Waals surface area contributed by atoms with Gasteiger partial charge in [0.25, 0.3) is 0 Å². The molecule has 0 saturated carbocycles. The van der Waals surface area contributed by atoms with Crippen LogP contribution in [0.2, 0.25) is 0 Å². The van der Waals surface area contributed by atoms with Crippen LogP contribution in [0.15, 0.2) is 18.5 Å². The number of nitrogens with one attached hydrogen (secondary N) is 1. The molecule has 0 atom stereocenters. The maximum absolute atomic E-state index is 4.02. The minimum absolute atomic E-state index is 1.12. The molecule has 0 aliphatic heterocycles. The Bertz CT molecular complexity index is 328. The van der Waals surface area contributed by atoms with Gasteiger partial charge in [0, 0.05) is 30.9 Å². The van der Waals surface area contributed by atoms with Crippen molar-refractivity contribution in [1.82, 2.24) is 10.3 Å². The average Bonchev–Trinajstić information content (AvgIpc) is 2.06. The van der Waals surface area contributed by atoms with E-state index in [0.717, 1.165) is 5.22 Å². The standard InChI is InChI=1S/C9H12N2/c1-3-8-4-5-11-7-9(8)6-10-2/h3-7,10H,1-2H3/b8-3-,9-6-. The van der Waals surface area contributed by atoms with Crippen LogP contribution in [0.25, 0.3) is 12.3 Å². The molecule has 2 heteroatoms. The van der Waals surface area contributed by atoms with Crippen LogP contribution >= 0.6 is 0 Å². The lowest BCUT2D eigenvalue weighted by Crippen LogP contribution is -2.26. The summed E-state index contributed by atoms with van der Waals surface area (Å²) in [6.07, 6.45) is 7.63. The van der Waals surface area contributed by atoms with Gasteiger partial charge in [0.05, 0.1) is 0 Å². The second kappa shape index (κ2) is 3.76. The highest BCUT2D eigenvalue weighted by Gasteiger charge is 1.79. The van der Waals surface area contributed by atoms with E-state index in [0.29, 0.717) is 0 Å². The summed E-state index contributed by atoms with van der Waals surface area (Å²) >= 11 is 0. The molecule has 11 heavy (non-hydrogen) atoms. The summed E-state index contributed by atoms with van der Waals surface area (Å²) in [5.41, 5.74) is 0. The molecule has 1 aromatic rings. The van der Waals surface area contributed by atoms with Crippen LogP contribution in [-0.2, 0) is 0 Å². The molecule has 1 heterocycles. The van der Waals surface area contributed by atoms with E-state index in [-0.39, 0.29) is 0 Å². The summed E-state index contributed by atoms with van der Waals surface area (Å²) in [6.45, 7) is 2.02. The van der Waals surface area contributed by atoms with Crippen molar-refractivity contribution >= 4 is 12.3 Å². The lowest BCUT2D eigenvalue weighted by atomic mass is 10.3. The van der Waals surface area contributed by atoms with Crippen LogP contribution in [-0.4, -0.2) is 12.0 Å². The quantitative estimate of drug-likeness (QED) is 0.598. The van der Waals surface area contributed by atoms with Crippen LogP contribution in [0.4, 0.5) is 0 Å². The molecule has 0 fully saturated rings. The molecule has 0 spiro atoms. The molecule has 0 saturated heterocycles. The van der Waals surface area contributed by atoms with Crippen LogP contribution < -0.4 is 15.8 Å². The first kappa shape index (κ1) is 7.79. The molecule has 0 radical (unpaired) electrons. The van der Waals surface area contributed by atoms with Gasteiger partial charge in [-0.15, -0.1) is 0 Å². The SMILES string of the molecule is C/C=c1/ccnc/c1=C/NC. The molecule has 1 rings (SSSR count). The fraction of sp³-hybridized carbons (Fsp3) is 0.222. The van der Waals surface area contributed by atoms with E-state index in [2.05, 4.69) is 16.4 Å². The van der Waals surface area contributed by atoms with E-state index >= 15 is 0 Å². The van der Waals surface area contributed by atoms with Crippen molar-refractivity contribution in [3.05, 3.63) is 28.9 Å². The van der Waals surface area contributed by atoms with E-state index in [1.54, 1.807) is 6.20 Å². The molecule has 0 aliphatic carbocycles. The Hall–Kier alpha value is -1.31. The summed E-state index contributed by atoms with van der Waals surface area (Å²) < 4.78 is 0. The van der Waals surface area contributed by atoms with Crippen molar-refractivity contribution in [2.75, 3.05) is 7.05 Å². The molecule has 0 aromatic carbocycles. The number of rotatable bonds is 1. The summed E-state index contributed by atoms with van der Waals surface area (Å²) in [6, 6.07) is 1.99. The number of aromatic nitrogens is 1. The fourth-order valence-corrected chi connectivity index (χ4v) is 0.956. The van der Waals surface area contributed by atoms with Gasteiger partial charge in [-0.05, 0) is 18.2 Å². The zero-order valence-electron chi connectivity index (χ0n) is 6.83. The van der Waals surface area contributed by atoms with Gasteiger partial charge in [-0.3, -0.25) is 4.98 Å². The summed E-state index contributed by atoms with van der Waals surface area (Å²) in [7, 11) is 1.88. The van der Waals surface area contributed by atoms with Gasteiger partial charge in [0.2, 0.25) is 0 Å². The molecule has 1 N–H and O–H groups in total. The Morgan fingerprint density at radius 2 is 2.27 bits per heavy atom. The van der Waals surface area contributed by atoms with Gasteiger partial charge in [-0.2, -0.15) is 0 Å². The highest BCUT2D eigenvalue weighted by atomic mass is 14.8. The number of pyridine rings is 1. The van der Waals surface area contributed by atoms with E-state index in [9.17, 15) is 0 Å². The Morgan fingerprint density at radius 1 is 1.45 bits per heavy atom. The predicted octanol–water partition coefficient (Wildman–Crippen LogP) is -0.161. The van der Waals surface area contributed by atoms with Gasteiger partial charge in [-0.1, -0.05) is 6.08 Å². The molecule has 0 unspecified atom stereocenters. The van der Waals surface area contributed by atoms with Crippen LogP contribution in [0, 0.1) is 0 Å². The number of hydrogen-bond acceptors (Lipinski definition) is 2. The second-order valence-corrected chi connectivity index (χ2v) is 2.23. The van der Waals surface area contributed by atoms with E-state index in [1.165, 1.54) is 5.22 Å². The second-order valence-electron chi connectivity index (χ2n) is 2.23. The largest absolute Gasteiger partial charge is 0.393 e. The van der Waals surface area contributed by atoms with Gasteiger partial charge in [0.1, 0.15) is 0 Å². The monoisotopic (exact) mass is 148 g/mol. The van der Waals surface area contributed by atoms with Crippen LogP contribution in [0.1, 0.15) is 6.92 Å². The highest BCUT2D eigenvalue weighted by molar-refractivity contribution is 5.26. The predicted molar refractivity (Wildman–Crippen MR) is 47.2 cm³/mol. The zero-order valence-corrected chi connectivity index (χ0v) is 6.83. The maximum Gasteiger partial charge on any atom is 0.0360 e. The third-order valence-electron chi connectivity index (χ3n) is 1.50. The third kappa shape index (κ3) is 1.80. The molecule has 2 nitrogen and oxygen atoms in total. The van der Waals surface area contributed by atoms with Crippen LogP contribution in [0.3, 0.4) is 0 Å². The first-order chi connectivity index (χ1) is 5.38. The molecule has 1 aromatic heterocycles. The first-order valence-electron chi connectivity index (χ1n) is 3.62. The van der Waals surface area contributed by atoms with E-state index in [4.69, 9.17) is 0 Å². The van der Waals surface area contributed by atoms with Gasteiger partial charge < -0.3 is 5.32 Å². The Kier molecular flexibility index (Phi) is 2.66. The third-order valence-corrected chi connectivity index (χ3v) is 1.50. The van der Waals surface area contributed by atoms with Crippen molar-refractivity contribution in [2.45, 2.75) is 6.92 Å². The van der Waals surface area contributed by atoms with E-state index in [1.807, 2.05) is 32.4 Å². The van der Waals surface area contributed by atoms with Gasteiger partial charge >= 0.3 is 0 Å². The molecule has 0 aliphatic rings. The molecular weight excluding hydrogens is 136 g/mol. The zero-order chi connectivity index (χ0) is 8.10. The summed E-state index contributed by atoms with van der Waals surface area (Å²) in [5.74, 6) is 0. The van der Waals surface area contributed by atoms with Crippen molar-refractivity contribution in [1.29, 1.82) is 0 Å². The highest BCUT2D eigenvalue weighted by Crippen LogP contribution is 1.63. The smallest absolute Gasteiger partial charge is 0.0360 e. The van der Waals surface area contributed by atoms with Gasteiger partial charge in [-0.25, -0.2) is 0 Å². The van der Waals surface area contributed by atoms with E-state index < -0.39 is 0 Å². The number of nitrogens with zero attached hydrogens (tertiary/aromatic N) is 1. The summed E-state index contributed by atoms with van der Waals surface area (Å²) in [5, 5.41) is 5.30. The topological polar surface area (TPSA) is 24.9 Å². The minimum Gasteiger partial charge on any atom is -0.393 e. The van der Waals surface area contributed by atoms with Crippen molar-refractivity contribution in [3.63, 3.8) is 0 Å². The Labute approximate surface area is 66.3 Å². The van der Waals surface area contributed by atoms with Crippen LogP contribution in [0.5, 0.6) is 0 Å². The van der Waals surface area contributed by atoms with Gasteiger partial charge in [0.15, 0.2) is 0 Å². The fourth-order valence-electron chi connectivity index (χ4n) is 0.956. The molecule has 0 bridgehead atoms. The number of hydrogen-bond donors (Lipinski definition) is 1. The Morgan fingerprint density at radius 3 is 2.91 bits per heavy atom. The minimum atomic E-state index is 1.12. The van der Waals surface area contributed by atoms with Crippen molar-refractivity contribution < 1.29 is 0 Å². The first-order valence-corrected chi connectivity index (χ1v) is 3.62. The maximum atomic E-state index is 4.02. The average molecular weight is 148 g/mol. The lowest BCUT2D eigenvalue weighted by Gasteiger charge is -1.88. The van der Waals surface area contributed by atoms with Crippen molar-refractivity contribution in [2.24, 2.45) is 0 Å². The Balaban J connectivity index is 3.37. The lowest BCUT2D eigenvalue weighted by molar-refractivity contribution is 1.16. The molecule has 0 amide bonds. The molecular formula is C9H12N2.